The lowest BCUT2D eigenvalue weighted by Crippen LogP contribution is -2.37. The highest BCUT2D eigenvalue weighted by Gasteiger charge is 2.27. The van der Waals surface area contributed by atoms with Crippen LogP contribution >= 0.6 is 11.6 Å². The normalized spacial score (nSPS) is 20.2. The van der Waals surface area contributed by atoms with Crippen LogP contribution in [0.3, 0.4) is 0 Å². The van der Waals surface area contributed by atoms with E-state index in [-0.39, 0.29) is 16.0 Å². The fraction of sp³-hybridized carbons (Fsp3) is 0.538. The van der Waals surface area contributed by atoms with Gasteiger partial charge in [-0.05, 0) is 37.5 Å². The van der Waals surface area contributed by atoms with Crippen LogP contribution in [-0.4, -0.2) is 39.0 Å². The van der Waals surface area contributed by atoms with E-state index < -0.39 is 10.0 Å². The Morgan fingerprint density at radius 3 is 2.85 bits per heavy atom. The Hall–Kier alpha value is -0.820. The Kier molecular flexibility index (Phi) is 4.90. The highest BCUT2D eigenvalue weighted by atomic mass is 35.5. The van der Waals surface area contributed by atoms with Crippen molar-refractivity contribution < 1.29 is 13.2 Å². The Labute approximate surface area is 124 Å². The molecule has 0 bridgehead atoms. The number of sulfonamides is 1. The summed E-state index contributed by atoms with van der Waals surface area (Å²) in [6.07, 6.45) is 2.93. The van der Waals surface area contributed by atoms with Gasteiger partial charge in [0.15, 0.2) is 0 Å². The lowest BCUT2D eigenvalue weighted by molar-refractivity contribution is 0.00859. The van der Waals surface area contributed by atoms with Crippen molar-refractivity contribution in [2.45, 2.75) is 30.3 Å². The lowest BCUT2D eigenvalue weighted by Gasteiger charge is -2.27. The van der Waals surface area contributed by atoms with Crippen LogP contribution in [0.5, 0.6) is 0 Å². The smallest absolute Gasteiger partial charge is 0.244 e. The number of benzene rings is 1. The second-order valence-electron chi connectivity index (χ2n) is 4.96. The van der Waals surface area contributed by atoms with Gasteiger partial charge in [-0.25, -0.2) is 8.42 Å². The molecular weight excluding hydrogens is 300 g/mol. The molecule has 1 aromatic rings. The summed E-state index contributed by atoms with van der Waals surface area (Å²) in [4.78, 5) is 0.0393. The molecule has 0 aromatic heterocycles. The average molecular weight is 319 g/mol. The van der Waals surface area contributed by atoms with Crippen LogP contribution in [0.1, 0.15) is 19.3 Å². The third-order valence-corrected chi connectivity index (χ3v) is 5.68. The summed E-state index contributed by atoms with van der Waals surface area (Å²) in [5.41, 5.74) is 6.01. The van der Waals surface area contributed by atoms with Crippen molar-refractivity contribution >= 4 is 27.3 Å². The molecule has 112 valence electrons. The maximum atomic E-state index is 12.5. The largest absolute Gasteiger partial charge is 0.399 e. The molecule has 0 amide bonds. The number of likely N-dealkylation sites (N-methyl/N-ethyl adjacent to an activating group) is 1. The highest BCUT2D eigenvalue weighted by Crippen LogP contribution is 2.27. The summed E-state index contributed by atoms with van der Waals surface area (Å²) in [5.74, 6) is 0. The van der Waals surface area contributed by atoms with Crippen molar-refractivity contribution in [1.29, 1.82) is 0 Å². The molecule has 1 aliphatic heterocycles. The SMILES string of the molecule is CN(CC1CCCCO1)S(=O)(=O)c1cc(N)ccc1Cl. The minimum atomic E-state index is -3.65. The van der Waals surface area contributed by atoms with Crippen molar-refractivity contribution in [3.05, 3.63) is 23.2 Å². The first kappa shape index (κ1) is 15.6. The van der Waals surface area contributed by atoms with E-state index in [0.29, 0.717) is 18.8 Å². The van der Waals surface area contributed by atoms with E-state index in [1.807, 2.05) is 0 Å². The van der Waals surface area contributed by atoms with Gasteiger partial charge in [0.05, 0.1) is 11.1 Å². The molecule has 1 atom stereocenters. The zero-order valence-corrected chi connectivity index (χ0v) is 13.0. The molecule has 1 aromatic carbocycles. The number of hydrogen-bond acceptors (Lipinski definition) is 4. The van der Waals surface area contributed by atoms with E-state index in [1.54, 1.807) is 6.07 Å². The van der Waals surface area contributed by atoms with E-state index in [4.69, 9.17) is 22.1 Å². The van der Waals surface area contributed by atoms with Crippen LogP contribution in [0.25, 0.3) is 0 Å². The molecule has 0 radical (unpaired) electrons. The third-order valence-electron chi connectivity index (χ3n) is 3.38. The van der Waals surface area contributed by atoms with Crippen LogP contribution in [0.15, 0.2) is 23.1 Å². The number of halogens is 1. The van der Waals surface area contributed by atoms with E-state index in [2.05, 4.69) is 0 Å². The molecule has 1 heterocycles. The van der Waals surface area contributed by atoms with Crippen LogP contribution in [0.4, 0.5) is 5.69 Å². The highest BCUT2D eigenvalue weighted by molar-refractivity contribution is 7.89. The quantitative estimate of drug-likeness (QED) is 0.863. The van der Waals surface area contributed by atoms with Crippen LogP contribution < -0.4 is 5.73 Å². The molecule has 1 saturated heterocycles. The molecule has 5 nitrogen and oxygen atoms in total. The summed E-state index contributed by atoms with van der Waals surface area (Å²) in [6, 6.07) is 4.45. The van der Waals surface area contributed by atoms with Crippen molar-refractivity contribution in [3.63, 3.8) is 0 Å². The first-order valence-electron chi connectivity index (χ1n) is 6.54. The summed E-state index contributed by atoms with van der Waals surface area (Å²) in [5, 5.41) is 0.176. The van der Waals surface area contributed by atoms with Gasteiger partial charge in [-0.1, -0.05) is 11.6 Å². The molecule has 1 unspecified atom stereocenters. The van der Waals surface area contributed by atoms with Crippen molar-refractivity contribution in [3.8, 4) is 0 Å². The van der Waals surface area contributed by atoms with Gasteiger partial charge in [0.1, 0.15) is 4.90 Å². The molecule has 0 aliphatic carbocycles. The zero-order valence-electron chi connectivity index (χ0n) is 11.4. The molecule has 7 heteroatoms. The second-order valence-corrected chi connectivity index (χ2v) is 7.38. The summed E-state index contributed by atoms with van der Waals surface area (Å²) in [6.45, 7) is 1.02. The van der Waals surface area contributed by atoms with Gasteiger partial charge in [0, 0.05) is 25.9 Å². The van der Waals surface area contributed by atoms with Gasteiger partial charge in [-0.2, -0.15) is 4.31 Å². The van der Waals surface area contributed by atoms with Gasteiger partial charge >= 0.3 is 0 Å². The van der Waals surface area contributed by atoms with E-state index >= 15 is 0 Å². The first-order chi connectivity index (χ1) is 9.41. The Balaban J connectivity index is 2.18. The Morgan fingerprint density at radius 1 is 1.45 bits per heavy atom. The average Bonchev–Trinajstić information content (AvgIpc) is 2.42. The molecule has 1 aliphatic rings. The Morgan fingerprint density at radius 2 is 2.20 bits per heavy atom. The summed E-state index contributed by atoms with van der Waals surface area (Å²) < 4.78 is 31.9. The number of nitrogens with two attached hydrogens (primary N) is 1. The molecule has 1 fully saturated rings. The van der Waals surface area contributed by atoms with Gasteiger partial charge in [-0.15, -0.1) is 0 Å². The topological polar surface area (TPSA) is 72.6 Å². The zero-order chi connectivity index (χ0) is 14.8. The number of hydrogen-bond donors (Lipinski definition) is 1. The third kappa shape index (κ3) is 3.44. The first-order valence-corrected chi connectivity index (χ1v) is 8.36. The minimum absolute atomic E-state index is 0.0393. The molecule has 0 saturated carbocycles. The Bertz CT molecular complexity index is 571. The standard InChI is InChI=1S/C13H19ClN2O3S/c1-16(9-11-4-2-3-7-19-11)20(17,18)13-8-10(15)5-6-12(13)14/h5-6,8,11H,2-4,7,9,15H2,1H3. The predicted octanol–water partition coefficient (Wildman–Crippen LogP) is 2.11. The van der Waals surface area contributed by atoms with Crippen LogP contribution in [0, 0.1) is 0 Å². The molecule has 20 heavy (non-hydrogen) atoms. The fourth-order valence-electron chi connectivity index (χ4n) is 2.22. The summed E-state index contributed by atoms with van der Waals surface area (Å²) in [7, 11) is -2.12. The number of anilines is 1. The number of rotatable bonds is 4. The molecule has 2 rings (SSSR count). The van der Waals surface area contributed by atoms with Gasteiger partial charge in [-0.3, -0.25) is 0 Å². The van der Waals surface area contributed by atoms with Crippen LogP contribution in [-0.2, 0) is 14.8 Å². The molecule has 2 N–H and O–H groups in total. The van der Waals surface area contributed by atoms with Crippen molar-refractivity contribution in [2.75, 3.05) is 25.9 Å². The van der Waals surface area contributed by atoms with Crippen LogP contribution in [0.2, 0.25) is 5.02 Å². The van der Waals surface area contributed by atoms with E-state index in [0.717, 1.165) is 19.3 Å². The van der Waals surface area contributed by atoms with Crippen molar-refractivity contribution in [1.82, 2.24) is 4.31 Å². The molecule has 0 spiro atoms. The second kappa shape index (κ2) is 6.30. The van der Waals surface area contributed by atoms with Crippen molar-refractivity contribution in [2.24, 2.45) is 0 Å². The van der Waals surface area contributed by atoms with Gasteiger partial charge in [0.25, 0.3) is 0 Å². The number of nitrogens with zero attached hydrogens (tertiary/aromatic N) is 1. The van der Waals surface area contributed by atoms with E-state index in [1.165, 1.54) is 23.5 Å². The fourth-order valence-corrected chi connectivity index (χ4v) is 3.93. The lowest BCUT2D eigenvalue weighted by atomic mass is 10.1. The van der Waals surface area contributed by atoms with Gasteiger partial charge in [0.2, 0.25) is 10.0 Å². The predicted molar refractivity (Wildman–Crippen MR) is 79.3 cm³/mol. The monoisotopic (exact) mass is 318 g/mol. The van der Waals surface area contributed by atoms with E-state index in [9.17, 15) is 8.42 Å². The summed E-state index contributed by atoms with van der Waals surface area (Å²) >= 11 is 5.97. The number of ether oxygens (including phenoxy) is 1. The maximum Gasteiger partial charge on any atom is 0.244 e. The minimum Gasteiger partial charge on any atom is -0.399 e. The number of nitrogen functional groups attached to an aromatic ring is 1. The molecular formula is C13H19ClN2O3S. The van der Waals surface area contributed by atoms with Gasteiger partial charge < -0.3 is 10.5 Å². The maximum absolute atomic E-state index is 12.5.